The topological polar surface area (TPSA) is 111 Å². The molecule has 15 heteroatoms. The molecule has 0 saturated carbocycles. The van der Waals surface area contributed by atoms with E-state index in [1.54, 1.807) is 12.4 Å². The molecule has 0 N–H and O–H groups in total. The number of hydrogen-bond acceptors (Lipinski definition) is 9. The summed E-state index contributed by atoms with van der Waals surface area (Å²) in [7, 11) is 0. The Balaban J connectivity index is 0.859. The van der Waals surface area contributed by atoms with Gasteiger partial charge in [-0.05, 0) is 85.3 Å². The molecule has 0 amide bonds. The minimum Gasteiger partial charge on any atom is -0.353 e. The summed E-state index contributed by atoms with van der Waals surface area (Å²) in [6, 6.07) is 52.1. The van der Waals surface area contributed by atoms with Crippen LogP contribution in [0.15, 0.2) is 170 Å². The third-order valence-electron chi connectivity index (χ3n) is 16.5. The maximum absolute atomic E-state index is 15.8. The summed E-state index contributed by atoms with van der Waals surface area (Å²) >= 11 is 26.5. The second-order valence-electron chi connectivity index (χ2n) is 20.2. The van der Waals surface area contributed by atoms with Crippen molar-refractivity contribution in [1.29, 1.82) is 0 Å². The highest BCUT2D eigenvalue weighted by Crippen LogP contribution is 2.50. The Morgan fingerprint density at radius 2 is 0.829 bits per heavy atom. The van der Waals surface area contributed by atoms with E-state index >= 15 is 4.79 Å². The fourth-order valence-electron chi connectivity index (χ4n) is 12.2. The summed E-state index contributed by atoms with van der Waals surface area (Å²) in [5, 5.41) is 33.3. The smallest absolute Gasteiger partial charge is 0.179 e. The predicted molar refractivity (Wildman–Crippen MR) is 307 cm³/mol. The van der Waals surface area contributed by atoms with Crippen LogP contribution < -0.4 is 9.80 Å². The Morgan fingerprint density at radius 1 is 0.474 bits per heavy atom. The summed E-state index contributed by atoms with van der Waals surface area (Å²) in [6.45, 7) is 6.90. The van der Waals surface area contributed by atoms with Gasteiger partial charge < -0.3 is 9.80 Å². The number of fused-ring (bicyclic) bond motifs is 2. The lowest BCUT2D eigenvalue weighted by atomic mass is 9.57. The summed E-state index contributed by atoms with van der Waals surface area (Å²) < 4.78 is 3.78. The predicted octanol–water partition coefficient (Wildman–Crippen LogP) is 14.5. The third kappa shape index (κ3) is 8.67. The van der Waals surface area contributed by atoms with Gasteiger partial charge >= 0.3 is 0 Å². The third-order valence-corrected chi connectivity index (χ3v) is 17.6. The highest BCUT2D eigenvalue weighted by molar-refractivity contribution is 6.33. The quantitative estimate of drug-likeness (QED) is 0.118. The Kier molecular flexibility index (Phi) is 13.4. The Morgan fingerprint density at radius 3 is 1.20 bits per heavy atom. The van der Waals surface area contributed by atoms with Crippen LogP contribution in [0.3, 0.4) is 0 Å². The number of piperidine rings is 2. The minimum absolute atomic E-state index is 0.260. The van der Waals surface area contributed by atoms with Crippen molar-refractivity contribution in [3.8, 4) is 33.9 Å². The Bertz CT molecular complexity index is 3500. The van der Waals surface area contributed by atoms with E-state index in [1.165, 1.54) is 11.1 Å². The fraction of sp³-hybridized carbons (Fsp3) is 0.230. The first-order valence-electron chi connectivity index (χ1n) is 25.7. The van der Waals surface area contributed by atoms with E-state index in [1.807, 2.05) is 119 Å². The van der Waals surface area contributed by atoms with Gasteiger partial charge in [0.05, 0.1) is 56.0 Å². The second-order valence-corrected chi connectivity index (χ2v) is 21.8. The van der Waals surface area contributed by atoms with E-state index in [-0.39, 0.29) is 17.6 Å². The van der Waals surface area contributed by atoms with Crippen LogP contribution in [0.4, 0.5) is 11.6 Å². The first kappa shape index (κ1) is 49.7. The van der Waals surface area contributed by atoms with E-state index in [0.29, 0.717) is 57.9 Å². The summed E-state index contributed by atoms with van der Waals surface area (Å²) in [5.41, 5.74) is 7.89. The molecule has 0 radical (unpaired) electrons. The second kappa shape index (κ2) is 20.4. The van der Waals surface area contributed by atoms with Crippen LogP contribution >= 0.6 is 46.4 Å². The fourth-order valence-corrected chi connectivity index (χ4v) is 12.9. The average Bonchev–Trinajstić information content (AvgIpc) is 4.14. The van der Waals surface area contributed by atoms with Crippen LogP contribution in [0.25, 0.3) is 55.7 Å². The lowest BCUT2D eigenvalue weighted by Crippen LogP contribution is -2.53. The van der Waals surface area contributed by atoms with Gasteiger partial charge in [-0.15, -0.1) is 10.2 Å². The maximum atomic E-state index is 15.8. The van der Waals surface area contributed by atoms with Gasteiger partial charge in [0.2, 0.25) is 0 Å². The van der Waals surface area contributed by atoms with Crippen molar-refractivity contribution < 1.29 is 4.79 Å². The van der Waals surface area contributed by atoms with Crippen molar-refractivity contribution in [2.24, 2.45) is 11.8 Å². The summed E-state index contributed by atoms with van der Waals surface area (Å²) in [6.07, 6.45) is 6.43. The van der Waals surface area contributed by atoms with Crippen molar-refractivity contribution in [3.05, 3.63) is 201 Å². The molecular formula is C61H52Cl4N10O. The number of halogens is 4. The number of rotatable bonds is 12. The van der Waals surface area contributed by atoms with Crippen LogP contribution in [0.5, 0.6) is 0 Å². The molecule has 2 aliphatic heterocycles. The van der Waals surface area contributed by atoms with Crippen LogP contribution in [0, 0.1) is 11.8 Å². The van der Waals surface area contributed by atoms with E-state index in [2.05, 4.69) is 82.4 Å². The largest absolute Gasteiger partial charge is 0.353 e. The van der Waals surface area contributed by atoms with Crippen LogP contribution in [0.1, 0.15) is 50.7 Å². The number of carbonyl (C=O) groups is 1. The zero-order valence-electron chi connectivity index (χ0n) is 41.9. The molecule has 380 valence electrons. The van der Waals surface area contributed by atoms with Gasteiger partial charge in [0.25, 0.3) is 0 Å². The normalized spacial score (nSPS) is 16.2. The molecule has 76 heavy (non-hydrogen) atoms. The number of nitrogens with zero attached hydrogens (tertiary/aromatic N) is 10. The number of para-hydroxylation sites is 2. The van der Waals surface area contributed by atoms with E-state index in [9.17, 15) is 0 Å². The average molecular weight is 1080 g/mol. The van der Waals surface area contributed by atoms with Crippen LogP contribution in [0.2, 0.25) is 20.1 Å². The van der Waals surface area contributed by atoms with E-state index in [0.717, 1.165) is 81.4 Å². The number of anilines is 2. The number of hydrogen-bond donors (Lipinski definition) is 0. The van der Waals surface area contributed by atoms with Gasteiger partial charge in [0.15, 0.2) is 11.6 Å². The highest BCUT2D eigenvalue weighted by atomic mass is 35.5. The molecule has 4 aromatic heterocycles. The lowest BCUT2D eigenvalue weighted by molar-refractivity contribution is -0.131. The molecular weight excluding hydrogens is 1030 g/mol. The molecule has 10 aromatic rings. The Labute approximate surface area is 461 Å². The molecule has 12 rings (SSSR count). The van der Waals surface area contributed by atoms with E-state index < -0.39 is 10.8 Å². The van der Waals surface area contributed by atoms with Gasteiger partial charge in [0.1, 0.15) is 16.8 Å². The molecule has 2 atom stereocenters. The lowest BCUT2D eigenvalue weighted by Gasteiger charge is -2.50. The molecule has 0 aliphatic carbocycles. The van der Waals surface area contributed by atoms with Gasteiger partial charge in [0, 0.05) is 70.0 Å². The van der Waals surface area contributed by atoms with Crippen LogP contribution in [-0.2, 0) is 15.6 Å². The molecule has 0 bridgehead atoms. The van der Waals surface area contributed by atoms with E-state index in [4.69, 9.17) is 66.8 Å². The van der Waals surface area contributed by atoms with Gasteiger partial charge in [-0.25, -0.2) is 9.36 Å². The van der Waals surface area contributed by atoms with Gasteiger partial charge in [-0.2, -0.15) is 20.4 Å². The SMILES string of the molecule is CC(C(=O)C(C)C1(c2ccccc2)CCN(c2nncc3c(-c4ccc(Cl)cc4)n(-c4ccccc4Cl)nc23)CC1)C1(c2ccccc2)CCN(c2nncc3c(-c4ccc(Cl)cc4)n(-c4ccccc4Cl)nc23)CC1. The molecule has 0 spiro atoms. The number of carbonyl (C=O) groups excluding carboxylic acids is 1. The van der Waals surface area contributed by atoms with Gasteiger partial charge in [-0.3, -0.25) is 4.79 Å². The zero-order chi connectivity index (χ0) is 52.1. The highest BCUT2D eigenvalue weighted by Gasteiger charge is 2.51. The first-order chi connectivity index (χ1) is 37.0. The van der Waals surface area contributed by atoms with Crippen molar-refractivity contribution in [3.63, 3.8) is 0 Å². The molecule has 6 aromatic carbocycles. The van der Waals surface area contributed by atoms with Crippen molar-refractivity contribution in [2.45, 2.75) is 50.4 Å². The molecule has 2 aliphatic rings. The summed E-state index contributed by atoms with van der Waals surface area (Å²) in [4.78, 5) is 20.4. The molecule has 2 saturated heterocycles. The first-order valence-corrected chi connectivity index (χ1v) is 27.2. The standard InChI is InChI=1S/C61H52Cl4N10O/c1-39(60(43-13-5-3-6-14-43)29-33-72(34-30-60)58-53-47(37-66-68-58)55(41-21-25-45(62)26-22-41)74(70-53)51-19-11-9-17-49(51)64)57(76)40(2)61(44-15-7-4-8-16-44)31-35-73(36-32-61)59-54-48(38-67-69-59)56(42-23-27-46(63)28-24-42)75(71-54)52-20-12-10-18-50(52)65/h3-28,37-40H,29-36H2,1-2H3. The van der Waals surface area contributed by atoms with Crippen molar-refractivity contribution in [1.82, 2.24) is 40.0 Å². The maximum Gasteiger partial charge on any atom is 0.179 e. The van der Waals surface area contributed by atoms with Crippen LogP contribution in [-0.4, -0.2) is 71.9 Å². The number of benzene rings is 6. The van der Waals surface area contributed by atoms with Crippen molar-refractivity contribution in [2.75, 3.05) is 36.0 Å². The molecule has 6 heterocycles. The molecule has 2 fully saturated rings. The van der Waals surface area contributed by atoms with Gasteiger partial charge in [-0.1, -0.05) is 169 Å². The molecule has 11 nitrogen and oxygen atoms in total. The number of Topliss-reactive ketones (excluding diaryl/α,β-unsaturated/α-hetero) is 1. The number of aromatic nitrogens is 8. The Hall–Kier alpha value is -7.15. The molecule has 2 unspecified atom stereocenters. The minimum atomic E-state index is -0.456. The monoisotopic (exact) mass is 1080 g/mol. The zero-order valence-corrected chi connectivity index (χ0v) is 44.9. The number of ketones is 1. The van der Waals surface area contributed by atoms with Crippen molar-refractivity contribution >= 4 is 85.6 Å². The summed E-state index contributed by atoms with van der Waals surface area (Å²) in [5.74, 6) is 1.01.